The van der Waals surface area contributed by atoms with Crippen molar-refractivity contribution in [2.75, 3.05) is 5.32 Å². The fourth-order valence-electron chi connectivity index (χ4n) is 1.51. The normalized spacial score (nSPS) is 10.9. The maximum absolute atomic E-state index is 12.2. The Morgan fingerprint density at radius 1 is 0.833 bits per heavy atom. The zero-order valence-electron chi connectivity index (χ0n) is 9.33. The second-order valence-corrected chi connectivity index (χ2v) is 5.52. The SMILES string of the molecule is O=[C]Nc1ccc(S(=O)(=O)c2ccccc2)cc1. The lowest BCUT2D eigenvalue weighted by Crippen LogP contribution is -2.02. The van der Waals surface area contributed by atoms with Gasteiger partial charge in [-0.05, 0) is 36.4 Å². The molecule has 0 saturated carbocycles. The van der Waals surface area contributed by atoms with E-state index in [0.717, 1.165) is 0 Å². The van der Waals surface area contributed by atoms with Gasteiger partial charge >= 0.3 is 6.41 Å². The van der Waals surface area contributed by atoms with Crippen LogP contribution in [0.5, 0.6) is 0 Å². The molecule has 0 bridgehead atoms. The van der Waals surface area contributed by atoms with Crippen LogP contribution in [0, 0.1) is 0 Å². The van der Waals surface area contributed by atoms with Crippen LogP contribution in [0.1, 0.15) is 0 Å². The van der Waals surface area contributed by atoms with Crippen molar-refractivity contribution in [1.29, 1.82) is 0 Å². The number of hydrogen-bond donors (Lipinski definition) is 1. The summed E-state index contributed by atoms with van der Waals surface area (Å²) in [5.74, 6) is 0. The molecule has 91 valence electrons. The van der Waals surface area contributed by atoms with E-state index in [4.69, 9.17) is 0 Å². The molecule has 5 heteroatoms. The summed E-state index contributed by atoms with van der Waals surface area (Å²) < 4.78 is 24.4. The Morgan fingerprint density at radius 3 is 1.94 bits per heavy atom. The molecule has 1 radical (unpaired) electrons. The summed E-state index contributed by atoms with van der Waals surface area (Å²) in [6.45, 7) is 0. The van der Waals surface area contributed by atoms with Gasteiger partial charge in [-0.15, -0.1) is 0 Å². The van der Waals surface area contributed by atoms with Gasteiger partial charge in [-0.1, -0.05) is 18.2 Å². The zero-order valence-corrected chi connectivity index (χ0v) is 10.1. The number of nitrogens with one attached hydrogen (secondary N) is 1. The second kappa shape index (κ2) is 5.01. The van der Waals surface area contributed by atoms with Gasteiger partial charge in [0.2, 0.25) is 9.84 Å². The first-order chi connectivity index (χ1) is 8.64. The molecule has 18 heavy (non-hydrogen) atoms. The Balaban J connectivity index is 2.39. The Hall–Kier alpha value is -2.14. The van der Waals surface area contributed by atoms with Crippen LogP contribution < -0.4 is 5.32 Å². The summed E-state index contributed by atoms with van der Waals surface area (Å²) in [6, 6.07) is 14.1. The van der Waals surface area contributed by atoms with Crippen molar-refractivity contribution in [3.63, 3.8) is 0 Å². The molecule has 0 spiro atoms. The molecule has 0 aliphatic rings. The molecule has 1 amide bonds. The summed E-state index contributed by atoms with van der Waals surface area (Å²) in [6.07, 6.45) is 1.52. The number of benzene rings is 2. The molecule has 1 N–H and O–H groups in total. The van der Waals surface area contributed by atoms with Crippen LogP contribution in [0.25, 0.3) is 0 Å². The fraction of sp³-hybridized carbons (Fsp3) is 0. The highest BCUT2D eigenvalue weighted by Gasteiger charge is 2.16. The van der Waals surface area contributed by atoms with Gasteiger partial charge in [0.15, 0.2) is 0 Å². The third-order valence-electron chi connectivity index (χ3n) is 2.41. The first kappa shape index (κ1) is 12.3. The van der Waals surface area contributed by atoms with E-state index in [1.165, 1.54) is 30.7 Å². The lowest BCUT2D eigenvalue weighted by Gasteiger charge is -2.05. The predicted molar refractivity (Wildman–Crippen MR) is 67.7 cm³/mol. The third-order valence-corrected chi connectivity index (χ3v) is 4.20. The Kier molecular flexibility index (Phi) is 3.43. The van der Waals surface area contributed by atoms with E-state index in [2.05, 4.69) is 5.32 Å². The van der Waals surface area contributed by atoms with Gasteiger partial charge < -0.3 is 5.32 Å². The summed E-state index contributed by atoms with van der Waals surface area (Å²) in [4.78, 5) is 10.6. The minimum Gasteiger partial charge on any atom is -0.318 e. The third kappa shape index (κ3) is 2.41. The van der Waals surface area contributed by atoms with Crippen LogP contribution >= 0.6 is 0 Å². The van der Waals surface area contributed by atoms with Crippen molar-refractivity contribution in [3.8, 4) is 0 Å². The van der Waals surface area contributed by atoms with E-state index in [1.54, 1.807) is 30.3 Å². The number of sulfone groups is 1. The topological polar surface area (TPSA) is 63.2 Å². The van der Waals surface area contributed by atoms with E-state index in [1.807, 2.05) is 0 Å². The molecule has 0 saturated heterocycles. The first-order valence-electron chi connectivity index (χ1n) is 5.18. The van der Waals surface area contributed by atoms with Gasteiger partial charge in [0.05, 0.1) is 9.79 Å². The van der Waals surface area contributed by atoms with Crippen molar-refractivity contribution in [3.05, 3.63) is 54.6 Å². The summed E-state index contributed by atoms with van der Waals surface area (Å²) >= 11 is 0. The number of hydrogen-bond acceptors (Lipinski definition) is 3. The maximum atomic E-state index is 12.2. The van der Waals surface area contributed by atoms with Gasteiger partial charge in [-0.2, -0.15) is 0 Å². The molecule has 0 aliphatic heterocycles. The number of carbonyl (C=O) groups excluding carboxylic acids is 1. The van der Waals surface area contributed by atoms with Gasteiger partial charge in [0.1, 0.15) is 0 Å². The van der Waals surface area contributed by atoms with Crippen LogP contribution in [-0.4, -0.2) is 14.8 Å². The molecule has 0 aliphatic carbocycles. The molecule has 0 heterocycles. The molecule has 2 rings (SSSR count). The summed E-state index contributed by atoms with van der Waals surface area (Å²) in [7, 11) is -3.50. The Morgan fingerprint density at radius 2 is 1.39 bits per heavy atom. The maximum Gasteiger partial charge on any atom is 0.314 e. The molecular formula is C13H10NO3S. The minimum absolute atomic E-state index is 0.185. The van der Waals surface area contributed by atoms with Crippen molar-refractivity contribution >= 4 is 21.9 Å². The van der Waals surface area contributed by atoms with E-state index in [9.17, 15) is 13.2 Å². The summed E-state index contributed by atoms with van der Waals surface area (Å²) in [5, 5.41) is 2.33. The monoisotopic (exact) mass is 260 g/mol. The average molecular weight is 260 g/mol. The molecular weight excluding hydrogens is 250 g/mol. The molecule has 2 aromatic carbocycles. The number of amides is 1. The molecule has 0 aromatic heterocycles. The number of anilines is 1. The van der Waals surface area contributed by atoms with Gasteiger partial charge in [-0.3, -0.25) is 4.79 Å². The first-order valence-corrected chi connectivity index (χ1v) is 6.66. The summed E-state index contributed by atoms with van der Waals surface area (Å²) in [5.41, 5.74) is 0.497. The minimum atomic E-state index is -3.50. The smallest absolute Gasteiger partial charge is 0.314 e. The standard InChI is InChI=1S/C13H10NO3S/c15-10-14-11-6-8-13(9-7-11)18(16,17)12-4-2-1-3-5-12/h1-9H,(H,14,15). The van der Waals surface area contributed by atoms with E-state index >= 15 is 0 Å². The predicted octanol–water partition coefficient (Wildman–Crippen LogP) is 2.00. The number of rotatable bonds is 4. The van der Waals surface area contributed by atoms with Crippen LogP contribution in [0.4, 0.5) is 5.69 Å². The fourth-order valence-corrected chi connectivity index (χ4v) is 2.79. The van der Waals surface area contributed by atoms with Crippen LogP contribution in [0.2, 0.25) is 0 Å². The molecule has 0 atom stereocenters. The molecule has 2 aromatic rings. The second-order valence-electron chi connectivity index (χ2n) is 3.57. The lowest BCUT2D eigenvalue weighted by atomic mass is 10.3. The van der Waals surface area contributed by atoms with Crippen molar-refractivity contribution < 1.29 is 13.2 Å². The van der Waals surface area contributed by atoms with E-state index in [-0.39, 0.29) is 9.79 Å². The lowest BCUT2D eigenvalue weighted by molar-refractivity contribution is 0.561. The van der Waals surface area contributed by atoms with Crippen LogP contribution in [0.15, 0.2) is 64.4 Å². The Bertz CT molecular complexity index is 634. The quantitative estimate of drug-likeness (QED) is 0.855. The molecule has 4 nitrogen and oxygen atoms in total. The van der Waals surface area contributed by atoms with Gasteiger partial charge in [-0.25, -0.2) is 8.42 Å². The van der Waals surface area contributed by atoms with E-state index in [0.29, 0.717) is 5.69 Å². The highest BCUT2D eigenvalue weighted by atomic mass is 32.2. The van der Waals surface area contributed by atoms with Gasteiger partial charge in [0, 0.05) is 5.69 Å². The zero-order chi connectivity index (χ0) is 13.0. The molecule has 0 unspecified atom stereocenters. The van der Waals surface area contributed by atoms with E-state index < -0.39 is 9.84 Å². The highest BCUT2D eigenvalue weighted by Crippen LogP contribution is 2.21. The Labute approximate surface area is 105 Å². The van der Waals surface area contributed by atoms with Crippen LogP contribution in [-0.2, 0) is 14.6 Å². The van der Waals surface area contributed by atoms with Crippen molar-refractivity contribution in [2.24, 2.45) is 0 Å². The molecule has 0 fully saturated rings. The largest absolute Gasteiger partial charge is 0.318 e. The van der Waals surface area contributed by atoms with Crippen molar-refractivity contribution in [2.45, 2.75) is 9.79 Å². The van der Waals surface area contributed by atoms with Crippen molar-refractivity contribution in [1.82, 2.24) is 0 Å². The van der Waals surface area contributed by atoms with Gasteiger partial charge in [0.25, 0.3) is 0 Å². The van der Waals surface area contributed by atoms with Crippen LogP contribution in [0.3, 0.4) is 0 Å². The average Bonchev–Trinajstić information content (AvgIpc) is 2.41. The highest BCUT2D eigenvalue weighted by molar-refractivity contribution is 7.91.